The Morgan fingerprint density at radius 1 is 1.75 bits per heavy atom. The third-order valence-corrected chi connectivity index (χ3v) is 1.14. The smallest absolute Gasteiger partial charge is 0.332 e. The van der Waals surface area contributed by atoms with E-state index in [1.54, 1.807) is 7.05 Å². The molecule has 0 bridgehead atoms. The van der Waals surface area contributed by atoms with Gasteiger partial charge in [-0.05, 0) is 14.0 Å². The van der Waals surface area contributed by atoms with Crippen LogP contribution in [0.3, 0.4) is 0 Å². The van der Waals surface area contributed by atoms with Gasteiger partial charge >= 0.3 is 5.97 Å². The van der Waals surface area contributed by atoms with E-state index in [0.29, 0.717) is 13.2 Å². The highest BCUT2D eigenvalue weighted by atomic mass is 16.7. The molecular weight excluding hydrogens is 158 g/mol. The summed E-state index contributed by atoms with van der Waals surface area (Å²) < 4.78 is 9.94. The Hall–Kier alpha value is -0.870. The van der Waals surface area contributed by atoms with Gasteiger partial charge in [0.15, 0.2) is 0 Å². The van der Waals surface area contributed by atoms with E-state index >= 15 is 0 Å². The molecule has 0 rings (SSSR count). The highest BCUT2D eigenvalue weighted by molar-refractivity contribution is 5.81. The largest absolute Gasteiger partial charge is 0.431 e. The van der Waals surface area contributed by atoms with Crippen LogP contribution in [0.4, 0.5) is 0 Å². The first-order valence-electron chi connectivity index (χ1n) is 3.83. The van der Waals surface area contributed by atoms with Crippen LogP contribution < -0.4 is 5.32 Å². The predicted molar refractivity (Wildman–Crippen MR) is 45.6 cm³/mol. The lowest BCUT2D eigenvalue weighted by atomic mass is 10.6. The van der Waals surface area contributed by atoms with Crippen LogP contribution in [0.1, 0.15) is 6.92 Å². The van der Waals surface area contributed by atoms with Gasteiger partial charge in [0, 0.05) is 12.7 Å². The van der Waals surface area contributed by atoms with Crippen LogP contribution in [-0.4, -0.2) is 32.5 Å². The Bertz CT molecular complexity index is 141. The summed E-state index contributed by atoms with van der Waals surface area (Å²) in [6.45, 7) is 6.11. The van der Waals surface area contributed by atoms with Crippen LogP contribution in [-0.2, 0) is 14.3 Å². The molecule has 0 aromatic heterocycles. The van der Waals surface area contributed by atoms with Gasteiger partial charge in [-0.3, -0.25) is 0 Å². The van der Waals surface area contributed by atoms with E-state index in [4.69, 9.17) is 9.47 Å². The van der Waals surface area contributed by atoms with Gasteiger partial charge in [0.05, 0.1) is 6.54 Å². The van der Waals surface area contributed by atoms with Gasteiger partial charge in [0.2, 0.25) is 6.29 Å². The van der Waals surface area contributed by atoms with Crippen LogP contribution in [0.15, 0.2) is 12.7 Å². The van der Waals surface area contributed by atoms with E-state index in [1.807, 2.05) is 6.92 Å². The van der Waals surface area contributed by atoms with Crippen molar-refractivity contribution in [3.8, 4) is 0 Å². The van der Waals surface area contributed by atoms with E-state index < -0.39 is 12.3 Å². The van der Waals surface area contributed by atoms with Gasteiger partial charge in [-0.2, -0.15) is 0 Å². The Kier molecular flexibility index (Phi) is 6.32. The average Bonchev–Trinajstić information content (AvgIpc) is 2.05. The maximum atomic E-state index is 10.7. The molecule has 1 atom stereocenters. The van der Waals surface area contributed by atoms with Gasteiger partial charge in [0.25, 0.3) is 0 Å². The standard InChI is InChI=1S/C8H15NO3/c1-4-7(10)12-8(6-9-3)11-5-2/h4,8-9H,1,5-6H2,2-3H3. The van der Waals surface area contributed by atoms with Crippen molar-refractivity contribution in [2.75, 3.05) is 20.2 Å². The predicted octanol–water partition coefficient (Wildman–Crippen LogP) is 0.298. The van der Waals surface area contributed by atoms with E-state index in [9.17, 15) is 4.79 Å². The first-order valence-corrected chi connectivity index (χ1v) is 3.83. The fourth-order valence-electron chi connectivity index (χ4n) is 0.665. The number of esters is 1. The maximum Gasteiger partial charge on any atom is 0.332 e. The summed E-state index contributed by atoms with van der Waals surface area (Å²) in [5.41, 5.74) is 0. The number of hydrogen-bond acceptors (Lipinski definition) is 4. The highest BCUT2D eigenvalue weighted by Crippen LogP contribution is 1.94. The van der Waals surface area contributed by atoms with Crippen LogP contribution in [0, 0.1) is 0 Å². The van der Waals surface area contributed by atoms with Crippen LogP contribution in [0.25, 0.3) is 0 Å². The molecule has 70 valence electrons. The van der Waals surface area contributed by atoms with Crippen LogP contribution in [0.5, 0.6) is 0 Å². The number of nitrogens with one attached hydrogen (secondary N) is 1. The number of ether oxygens (including phenoxy) is 2. The summed E-state index contributed by atoms with van der Waals surface area (Å²) >= 11 is 0. The summed E-state index contributed by atoms with van der Waals surface area (Å²) in [5, 5.41) is 2.85. The van der Waals surface area contributed by atoms with Crippen molar-refractivity contribution in [2.45, 2.75) is 13.2 Å². The molecule has 0 radical (unpaired) electrons. The monoisotopic (exact) mass is 173 g/mol. The zero-order chi connectivity index (χ0) is 9.40. The Morgan fingerprint density at radius 2 is 2.42 bits per heavy atom. The zero-order valence-corrected chi connectivity index (χ0v) is 7.50. The molecule has 1 N–H and O–H groups in total. The normalized spacial score (nSPS) is 12.2. The molecule has 0 amide bonds. The Balaban J connectivity index is 3.76. The van der Waals surface area contributed by atoms with Crippen molar-refractivity contribution in [1.29, 1.82) is 0 Å². The molecule has 0 aliphatic rings. The minimum Gasteiger partial charge on any atom is -0.431 e. The third-order valence-electron chi connectivity index (χ3n) is 1.14. The minimum absolute atomic E-state index is 0.469. The third kappa shape index (κ3) is 4.87. The SMILES string of the molecule is C=CC(=O)OC(CNC)OCC. The van der Waals surface area contributed by atoms with Crippen molar-refractivity contribution >= 4 is 5.97 Å². The highest BCUT2D eigenvalue weighted by Gasteiger charge is 2.10. The van der Waals surface area contributed by atoms with E-state index in [-0.39, 0.29) is 0 Å². The van der Waals surface area contributed by atoms with Crippen molar-refractivity contribution in [3.05, 3.63) is 12.7 Å². The molecule has 4 heteroatoms. The molecule has 0 aromatic rings. The molecule has 0 aromatic carbocycles. The quantitative estimate of drug-likeness (QED) is 0.356. The molecule has 12 heavy (non-hydrogen) atoms. The van der Waals surface area contributed by atoms with Crippen molar-refractivity contribution < 1.29 is 14.3 Å². The molecule has 1 unspecified atom stereocenters. The average molecular weight is 173 g/mol. The van der Waals surface area contributed by atoms with Crippen molar-refractivity contribution in [1.82, 2.24) is 5.32 Å². The van der Waals surface area contributed by atoms with E-state index in [2.05, 4.69) is 11.9 Å². The minimum atomic E-state index is -0.523. The first kappa shape index (κ1) is 11.1. The second kappa shape index (κ2) is 6.82. The lowest BCUT2D eigenvalue weighted by Crippen LogP contribution is -2.30. The molecule has 0 heterocycles. The molecule has 0 aliphatic carbocycles. The lowest BCUT2D eigenvalue weighted by molar-refractivity contribution is -0.170. The summed E-state index contributed by atoms with van der Waals surface area (Å²) in [7, 11) is 1.76. The molecular formula is C8H15NO3. The topological polar surface area (TPSA) is 47.6 Å². The molecule has 0 aliphatic heterocycles. The van der Waals surface area contributed by atoms with Crippen LogP contribution >= 0.6 is 0 Å². The first-order chi connectivity index (χ1) is 5.74. The molecule has 0 fully saturated rings. The maximum absolute atomic E-state index is 10.7. The second-order valence-electron chi connectivity index (χ2n) is 2.08. The Labute approximate surface area is 72.5 Å². The van der Waals surface area contributed by atoms with Crippen LogP contribution in [0.2, 0.25) is 0 Å². The van der Waals surface area contributed by atoms with Gasteiger partial charge in [-0.1, -0.05) is 6.58 Å². The van der Waals surface area contributed by atoms with Gasteiger partial charge in [-0.25, -0.2) is 4.79 Å². The fourth-order valence-corrected chi connectivity index (χ4v) is 0.665. The Morgan fingerprint density at radius 3 is 2.83 bits per heavy atom. The summed E-state index contributed by atoms with van der Waals surface area (Å²) in [6, 6.07) is 0. The number of carbonyl (C=O) groups is 1. The summed E-state index contributed by atoms with van der Waals surface area (Å²) in [5.74, 6) is -0.469. The van der Waals surface area contributed by atoms with Gasteiger partial charge < -0.3 is 14.8 Å². The zero-order valence-electron chi connectivity index (χ0n) is 7.50. The fraction of sp³-hybridized carbons (Fsp3) is 0.625. The molecule has 0 saturated carbocycles. The van der Waals surface area contributed by atoms with Gasteiger partial charge in [-0.15, -0.1) is 0 Å². The van der Waals surface area contributed by atoms with Crippen molar-refractivity contribution in [2.24, 2.45) is 0 Å². The van der Waals surface area contributed by atoms with Gasteiger partial charge in [0.1, 0.15) is 0 Å². The molecule has 0 spiro atoms. The van der Waals surface area contributed by atoms with E-state index in [1.165, 1.54) is 0 Å². The van der Waals surface area contributed by atoms with Crippen molar-refractivity contribution in [3.63, 3.8) is 0 Å². The number of likely N-dealkylation sites (N-methyl/N-ethyl adjacent to an activating group) is 1. The second-order valence-corrected chi connectivity index (χ2v) is 2.08. The lowest BCUT2D eigenvalue weighted by Gasteiger charge is -2.15. The molecule has 0 saturated heterocycles. The molecule has 4 nitrogen and oxygen atoms in total. The number of carbonyl (C=O) groups excluding carboxylic acids is 1. The number of hydrogen-bond donors (Lipinski definition) is 1. The summed E-state index contributed by atoms with van der Waals surface area (Å²) in [6.07, 6.45) is 0.590. The van der Waals surface area contributed by atoms with E-state index in [0.717, 1.165) is 6.08 Å². The number of rotatable bonds is 6. The summed E-state index contributed by atoms with van der Waals surface area (Å²) in [4.78, 5) is 10.7.